The average molecular weight is 575 g/mol. The number of amides is 1. The second-order valence-corrected chi connectivity index (χ2v) is 10.0. The van der Waals surface area contributed by atoms with Gasteiger partial charge in [0.1, 0.15) is 22.8 Å². The summed E-state index contributed by atoms with van der Waals surface area (Å²) in [5, 5.41) is 11.8. The van der Waals surface area contributed by atoms with Crippen molar-refractivity contribution in [3.8, 4) is 11.5 Å². The predicted molar refractivity (Wildman–Crippen MR) is 152 cm³/mol. The standard InChI is InChI=1S/C29H26N4O7S/c1-6-13-40-28(37)26-16(3)31-29(41-26)33-23(17-10-11-18(38-4)19(14-17)39-5)21(25(35)27(33)36)24(34)22-15(2)30-20-9-7-8-12-32(20)22/h6-12,14,23,34H,1,13H2,2-5H3. The van der Waals surface area contributed by atoms with Gasteiger partial charge < -0.3 is 19.3 Å². The van der Waals surface area contributed by atoms with E-state index >= 15 is 0 Å². The van der Waals surface area contributed by atoms with Crippen molar-refractivity contribution >= 4 is 45.5 Å². The van der Waals surface area contributed by atoms with E-state index in [0.717, 1.165) is 11.3 Å². The fraction of sp³-hybridized carbons (Fsp3) is 0.207. The maximum Gasteiger partial charge on any atom is 0.350 e. The first-order valence-corrected chi connectivity index (χ1v) is 13.3. The Kier molecular flexibility index (Phi) is 7.33. The normalized spacial score (nSPS) is 16.3. The molecule has 0 aliphatic carbocycles. The third kappa shape index (κ3) is 4.61. The Hall–Kier alpha value is -4.97. The second-order valence-electron chi connectivity index (χ2n) is 9.06. The number of aromatic nitrogens is 3. The van der Waals surface area contributed by atoms with Crippen LogP contribution in [0.2, 0.25) is 0 Å². The lowest BCUT2D eigenvalue weighted by Crippen LogP contribution is -2.29. The molecular formula is C29H26N4O7S. The van der Waals surface area contributed by atoms with Gasteiger partial charge in [-0.15, -0.1) is 0 Å². The molecule has 41 heavy (non-hydrogen) atoms. The molecule has 1 aliphatic heterocycles. The first-order chi connectivity index (χ1) is 19.7. The molecule has 1 aromatic carbocycles. The van der Waals surface area contributed by atoms with E-state index in [1.165, 1.54) is 25.2 Å². The van der Waals surface area contributed by atoms with E-state index in [4.69, 9.17) is 14.2 Å². The number of ketones is 1. The lowest BCUT2D eigenvalue weighted by Gasteiger charge is -2.23. The van der Waals surface area contributed by atoms with Crippen LogP contribution in [0.5, 0.6) is 11.5 Å². The zero-order valence-electron chi connectivity index (χ0n) is 22.7. The third-order valence-electron chi connectivity index (χ3n) is 6.61. The molecule has 11 nitrogen and oxygen atoms in total. The highest BCUT2D eigenvalue weighted by Crippen LogP contribution is 2.45. The minimum Gasteiger partial charge on any atom is -0.505 e. The van der Waals surface area contributed by atoms with E-state index < -0.39 is 29.5 Å². The lowest BCUT2D eigenvalue weighted by atomic mass is 9.96. The number of rotatable bonds is 8. The smallest absolute Gasteiger partial charge is 0.350 e. The number of methoxy groups -OCH3 is 2. The van der Waals surface area contributed by atoms with Gasteiger partial charge in [-0.1, -0.05) is 36.1 Å². The number of esters is 1. The zero-order chi connectivity index (χ0) is 29.4. The molecule has 4 heterocycles. The first-order valence-electron chi connectivity index (χ1n) is 12.4. The van der Waals surface area contributed by atoms with Crippen molar-refractivity contribution in [1.29, 1.82) is 0 Å². The number of fused-ring (bicyclic) bond motifs is 1. The monoisotopic (exact) mass is 574 g/mol. The number of thiazole rings is 1. The van der Waals surface area contributed by atoms with Crippen molar-refractivity contribution in [3.63, 3.8) is 0 Å². The molecule has 12 heteroatoms. The molecule has 0 saturated carbocycles. The molecule has 1 saturated heterocycles. The number of pyridine rings is 1. The molecule has 3 aromatic heterocycles. The van der Waals surface area contributed by atoms with Gasteiger partial charge in [-0.2, -0.15) is 0 Å². The Morgan fingerprint density at radius 1 is 1.10 bits per heavy atom. The van der Waals surface area contributed by atoms with Crippen LogP contribution in [-0.2, 0) is 14.3 Å². The summed E-state index contributed by atoms with van der Waals surface area (Å²) in [7, 11) is 2.95. The maximum absolute atomic E-state index is 13.7. The topological polar surface area (TPSA) is 133 Å². The summed E-state index contributed by atoms with van der Waals surface area (Å²) < 4.78 is 17.7. The van der Waals surface area contributed by atoms with Gasteiger partial charge in [0.2, 0.25) is 0 Å². The first kappa shape index (κ1) is 27.6. The lowest BCUT2D eigenvalue weighted by molar-refractivity contribution is -0.132. The number of carbonyl (C=O) groups is 3. The fourth-order valence-electron chi connectivity index (χ4n) is 4.77. The number of hydrogen-bond acceptors (Lipinski definition) is 10. The second kappa shape index (κ2) is 10.9. The average Bonchev–Trinajstić information content (AvgIpc) is 3.60. The predicted octanol–water partition coefficient (Wildman–Crippen LogP) is 4.39. The summed E-state index contributed by atoms with van der Waals surface area (Å²) in [6.07, 6.45) is 3.14. The van der Waals surface area contributed by atoms with Crippen LogP contribution >= 0.6 is 11.3 Å². The molecule has 0 radical (unpaired) electrons. The van der Waals surface area contributed by atoms with E-state index in [1.54, 1.807) is 60.8 Å². The van der Waals surface area contributed by atoms with E-state index in [1.807, 2.05) is 0 Å². The van der Waals surface area contributed by atoms with Crippen LogP contribution in [0.15, 0.2) is 60.8 Å². The molecule has 1 unspecified atom stereocenters. The van der Waals surface area contributed by atoms with Crippen molar-refractivity contribution in [3.05, 3.63) is 88.3 Å². The molecule has 4 aromatic rings. The summed E-state index contributed by atoms with van der Waals surface area (Å²) in [5.41, 5.74) is 1.89. The SMILES string of the molecule is C=CCOC(=O)c1sc(N2C(=O)C(=O)C(=C(O)c3c(C)nc4ccccn34)C2c2ccc(OC)c(OC)c2)nc1C. The van der Waals surface area contributed by atoms with Gasteiger partial charge in [-0.3, -0.25) is 18.9 Å². The molecular weight excluding hydrogens is 548 g/mol. The third-order valence-corrected chi connectivity index (χ3v) is 7.74. The number of ether oxygens (including phenoxy) is 3. The number of imidazole rings is 1. The number of aliphatic hydroxyl groups excluding tert-OH is 1. The van der Waals surface area contributed by atoms with Gasteiger partial charge in [0, 0.05) is 6.20 Å². The molecule has 0 spiro atoms. The van der Waals surface area contributed by atoms with Crippen molar-refractivity contribution in [2.75, 3.05) is 25.7 Å². The number of hydrogen-bond donors (Lipinski definition) is 1. The maximum atomic E-state index is 13.7. The number of aliphatic hydroxyl groups is 1. The Morgan fingerprint density at radius 3 is 2.56 bits per heavy atom. The summed E-state index contributed by atoms with van der Waals surface area (Å²) >= 11 is 0.909. The number of benzene rings is 1. The van der Waals surface area contributed by atoms with E-state index in [0.29, 0.717) is 34.1 Å². The van der Waals surface area contributed by atoms with E-state index in [9.17, 15) is 19.5 Å². The molecule has 1 N–H and O–H groups in total. The van der Waals surface area contributed by atoms with Gasteiger partial charge in [-0.25, -0.2) is 14.8 Å². The summed E-state index contributed by atoms with van der Waals surface area (Å²) in [6, 6.07) is 9.14. The van der Waals surface area contributed by atoms with Crippen LogP contribution in [0.25, 0.3) is 11.4 Å². The van der Waals surface area contributed by atoms with Crippen LogP contribution in [0.4, 0.5) is 5.13 Å². The van der Waals surface area contributed by atoms with Gasteiger partial charge >= 0.3 is 11.9 Å². The van der Waals surface area contributed by atoms with Crippen molar-refractivity contribution < 1.29 is 33.7 Å². The largest absolute Gasteiger partial charge is 0.505 e. The van der Waals surface area contributed by atoms with Gasteiger partial charge in [0.05, 0.1) is 37.2 Å². The van der Waals surface area contributed by atoms with Crippen LogP contribution < -0.4 is 14.4 Å². The molecule has 1 fully saturated rings. The Labute approximate surface area is 238 Å². The Morgan fingerprint density at radius 2 is 1.85 bits per heavy atom. The van der Waals surface area contributed by atoms with E-state index in [-0.39, 0.29) is 27.9 Å². The Balaban J connectivity index is 1.74. The highest BCUT2D eigenvalue weighted by molar-refractivity contribution is 7.17. The number of Topliss-reactive ketones (excluding diaryl/α,β-unsaturated/α-hetero) is 1. The molecule has 1 amide bonds. The van der Waals surface area contributed by atoms with Crippen molar-refractivity contribution in [1.82, 2.24) is 14.4 Å². The van der Waals surface area contributed by atoms with Crippen LogP contribution in [0.3, 0.4) is 0 Å². The molecule has 1 aliphatic rings. The van der Waals surface area contributed by atoms with Crippen LogP contribution in [-0.4, -0.2) is 58.0 Å². The number of aryl methyl sites for hydroxylation is 2. The highest BCUT2D eigenvalue weighted by atomic mass is 32.1. The van der Waals surface area contributed by atoms with Crippen molar-refractivity contribution in [2.45, 2.75) is 19.9 Å². The number of anilines is 1. The minimum atomic E-state index is -1.12. The minimum absolute atomic E-state index is 0.000318. The van der Waals surface area contributed by atoms with Crippen LogP contribution in [0.1, 0.15) is 38.4 Å². The summed E-state index contributed by atoms with van der Waals surface area (Å²) in [4.78, 5) is 50.3. The molecule has 1 atom stereocenters. The molecule has 210 valence electrons. The fourth-order valence-corrected chi connectivity index (χ4v) is 5.76. The quantitative estimate of drug-likeness (QED) is 0.107. The number of nitrogens with zero attached hydrogens (tertiary/aromatic N) is 4. The molecule has 5 rings (SSSR count). The van der Waals surface area contributed by atoms with E-state index in [2.05, 4.69) is 16.5 Å². The van der Waals surface area contributed by atoms with Gasteiger partial charge in [-0.05, 0) is 43.7 Å². The summed E-state index contributed by atoms with van der Waals surface area (Å²) in [5.74, 6) is -2.09. The summed E-state index contributed by atoms with van der Waals surface area (Å²) in [6.45, 7) is 6.85. The zero-order valence-corrected chi connectivity index (χ0v) is 23.5. The van der Waals surface area contributed by atoms with Gasteiger partial charge in [0.15, 0.2) is 22.4 Å². The highest BCUT2D eigenvalue weighted by Gasteiger charge is 2.49. The Bertz CT molecular complexity index is 1750. The van der Waals surface area contributed by atoms with Crippen LogP contribution in [0, 0.1) is 13.8 Å². The molecule has 0 bridgehead atoms. The number of carbonyl (C=O) groups excluding carboxylic acids is 3. The van der Waals surface area contributed by atoms with Gasteiger partial charge in [0.25, 0.3) is 5.78 Å². The van der Waals surface area contributed by atoms with Crippen molar-refractivity contribution in [2.24, 2.45) is 0 Å².